The van der Waals surface area contributed by atoms with Crippen molar-refractivity contribution in [2.75, 3.05) is 0 Å². The van der Waals surface area contributed by atoms with Gasteiger partial charge >= 0.3 is 6.09 Å². The van der Waals surface area contributed by atoms with E-state index in [1.54, 1.807) is 0 Å². The van der Waals surface area contributed by atoms with Crippen molar-refractivity contribution >= 4 is 36.7 Å². The van der Waals surface area contributed by atoms with Crippen LogP contribution in [0.4, 0.5) is 4.79 Å². The summed E-state index contributed by atoms with van der Waals surface area (Å²) in [5, 5.41) is 8.04. The van der Waals surface area contributed by atoms with E-state index in [2.05, 4.69) is 136 Å². The zero-order valence-electron chi connectivity index (χ0n) is 27.2. The summed E-state index contributed by atoms with van der Waals surface area (Å²) in [7, 11) is -1.33. The fraction of sp³-hybridized carbons (Fsp3) is 0.395. The molecule has 4 nitrogen and oxygen atoms in total. The SMILES string of the molecule is C[SiH](C)OC(C(/C=C/[C@@H](Cc1ccc2ccccc2c1)NC(=O)OC(C)(C)C)Cc1ccc2ccccc2c1)C(C)(C)C. The van der Waals surface area contributed by atoms with Gasteiger partial charge < -0.3 is 14.5 Å². The molecule has 0 aliphatic carbocycles. The highest BCUT2D eigenvalue weighted by molar-refractivity contribution is 6.48. The number of nitrogens with one attached hydrogen (secondary N) is 1. The molecule has 0 spiro atoms. The zero-order valence-corrected chi connectivity index (χ0v) is 28.3. The predicted octanol–water partition coefficient (Wildman–Crippen LogP) is 9.26. The number of amides is 1. The molecule has 0 radical (unpaired) electrons. The lowest BCUT2D eigenvalue weighted by atomic mass is 9.78. The van der Waals surface area contributed by atoms with Crippen LogP contribution in [0.3, 0.4) is 0 Å². The average molecular weight is 596 g/mol. The molecule has 43 heavy (non-hydrogen) atoms. The van der Waals surface area contributed by atoms with Crippen LogP contribution in [0.2, 0.25) is 13.1 Å². The van der Waals surface area contributed by atoms with E-state index in [0.29, 0.717) is 6.42 Å². The Hall–Kier alpha value is -3.41. The lowest BCUT2D eigenvalue weighted by Gasteiger charge is -2.38. The topological polar surface area (TPSA) is 47.6 Å². The van der Waals surface area contributed by atoms with E-state index in [-0.39, 0.29) is 23.5 Å². The van der Waals surface area contributed by atoms with Gasteiger partial charge in [-0.1, -0.05) is 118 Å². The Balaban J connectivity index is 1.68. The number of ether oxygens (including phenoxy) is 1. The number of carbonyl (C=O) groups excluding carboxylic acids is 1. The molecule has 2 unspecified atom stereocenters. The molecule has 0 aliphatic rings. The Morgan fingerprint density at radius 2 is 1.26 bits per heavy atom. The first kappa shape index (κ1) is 32.5. The summed E-state index contributed by atoms with van der Waals surface area (Å²) in [6, 6.07) is 29.9. The molecule has 3 atom stereocenters. The van der Waals surface area contributed by atoms with Crippen molar-refractivity contribution < 1.29 is 14.0 Å². The first-order valence-electron chi connectivity index (χ1n) is 15.6. The van der Waals surface area contributed by atoms with Crippen LogP contribution in [0.5, 0.6) is 0 Å². The van der Waals surface area contributed by atoms with E-state index in [1.807, 2.05) is 20.8 Å². The second-order valence-electron chi connectivity index (χ2n) is 14.0. The van der Waals surface area contributed by atoms with E-state index >= 15 is 0 Å². The summed E-state index contributed by atoms with van der Waals surface area (Å²) >= 11 is 0. The van der Waals surface area contributed by atoms with Crippen LogP contribution >= 0.6 is 0 Å². The largest absolute Gasteiger partial charge is 0.444 e. The van der Waals surface area contributed by atoms with Crippen LogP contribution in [0.1, 0.15) is 52.7 Å². The molecule has 5 heteroatoms. The van der Waals surface area contributed by atoms with Gasteiger partial charge in [0.2, 0.25) is 0 Å². The maximum absolute atomic E-state index is 13.0. The lowest BCUT2D eigenvalue weighted by Crippen LogP contribution is -2.41. The second kappa shape index (κ2) is 13.9. The Labute approximate surface area is 260 Å². The summed E-state index contributed by atoms with van der Waals surface area (Å²) in [5.41, 5.74) is 1.80. The first-order chi connectivity index (χ1) is 20.3. The molecule has 1 amide bonds. The van der Waals surface area contributed by atoms with E-state index in [4.69, 9.17) is 9.16 Å². The summed E-state index contributed by atoms with van der Waals surface area (Å²) in [4.78, 5) is 13.0. The minimum Gasteiger partial charge on any atom is -0.444 e. The molecule has 0 heterocycles. The average Bonchev–Trinajstić information content (AvgIpc) is 2.92. The number of benzene rings is 4. The van der Waals surface area contributed by atoms with E-state index in [1.165, 1.54) is 27.1 Å². The van der Waals surface area contributed by atoms with Crippen molar-refractivity contribution in [3.8, 4) is 0 Å². The molecule has 1 N–H and O–H groups in total. The van der Waals surface area contributed by atoms with Gasteiger partial charge in [-0.15, -0.1) is 0 Å². The highest BCUT2D eigenvalue weighted by atomic mass is 28.3. The maximum atomic E-state index is 13.0. The van der Waals surface area contributed by atoms with Gasteiger partial charge in [0, 0.05) is 5.92 Å². The van der Waals surface area contributed by atoms with E-state index in [0.717, 1.165) is 12.0 Å². The van der Waals surface area contributed by atoms with Gasteiger partial charge in [0.05, 0.1) is 12.1 Å². The standard InChI is InChI=1S/C38H49NO3Si/c1-37(2,3)35(42-43(7)8)33(25-27-17-19-29-13-9-11-15-31(29)23-27)21-22-34(39-36(40)41-38(4,5)6)26-28-18-20-30-14-10-12-16-32(30)24-28/h9-24,33-35,43H,25-26H2,1-8H3,(H,39,40)/b22-21+/t33?,34-,35?/m0/s1. The van der Waals surface area contributed by atoms with Gasteiger partial charge in [-0.25, -0.2) is 4.79 Å². The number of carbonyl (C=O) groups is 1. The normalized spacial score (nSPS) is 14.7. The summed E-state index contributed by atoms with van der Waals surface area (Å²) < 4.78 is 12.4. The number of hydrogen-bond donors (Lipinski definition) is 1. The van der Waals surface area contributed by atoms with Crippen molar-refractivity contribution in [2.24, 2.45) is 11.3 Å². The second-order valence-corrected chi connectivity index (χ2v) is 16.4. The minimum atomic E-state index is -1.33. The quantitative estimate of drug-likeness (QED) is 0.147. The third-order valence-electron chi connectivity index (χ3n) is 7.51. The molecular formula is C38H49NO3Si. The Morgan fingerprint density at radius 1 is 0.744 bits per heavy atom. The Morgan fingerprint density at radius 3 is 1.74 bits per heavy atom. The monoisotopic (exact) mass is 595 g/mol. The molecule has 228 valence electrons. The molecule has 0 aliphatic heterocycles. The number of rotatable bonds is 10. The minimum absolute atomic E-state index is 0.0322. The van der Waals surface area contributed by atoms with Crippen molar-refractivity contribution in [2.45, 2.75) is 85.2 Å². The third kappa shape index (κ3) is 9.80. The zero-order chi connectivity index (χ0) is 31.2. The molecule has 4 aromatic carbocycles. The lowest BCUT2D eigenvalue weighted by molar-refractivity contribution is 0.0491. The molecule has 0 saturated carbocycles. The maximum Gasteiger partial charge on any atom is 0.408 e. The van der Waals surface area contributed by atoms with Crippen molar-refractivity contribution in [3.63, 3.8) is 0 Å². The van der Waals surface area contributed by atoms with Crippen molar-refractivity contribution in [1.82, 2.24) is 5.32 Å². The van der Waals surface area contributed by atoms with Gasteiger partial charge in [-0.05, 0) is 84.8 Å². The molecular weight excluding hydrogens is 547 g/mol. The predicted molar refractivity (Wildman–Crippen MR) is 184 cm³/mol. The summed E-state index contributed by atoms with van der Waals surface area (Å²) in [6.45, 7) is 16.9. The van der Waals surface area contributed by atoms with Crippen LogP contribution in [-0.2, 0) is 22.0 Å². The molecule has 4 aromatic rings. The number of fused-ring (bicyclic) bond motifs is 2. The summed E-state index contributed by atoms with van der Waals surface area (Å²) in [6.07, 6.45) is 5.57. The Bertz CT molecular complexity index is 1550. The smallest absolute Gasteiger partial charge is 0.408 e. The van der Waals surface area contributed by atoms with Crippen LogP contribution in [0.25, 0.3) is 21.5 Å². The fourth-order valence-electron chi connectivity index (χ4n) is 5.68. The van der Waals surface area contributed by atoms with Gasteiger partial charge in [-0.3, -0.25) is 0 Å². The highest BCUT2D eigenvalue weighted by Gasteiger charge is 2.33. The molecule has 0 bridgehead atoms. The van der Waals surface area contributed by atoms with Crippen LogP contribution in [0, 0.1) is 11.3 Å². The van der Waals surface area contributed by atoms with Crippen LogP contribution in [-0.4, -0.2) is 32.9 Å². The van der Waals surface area contributed by atoms with Crippen molar-refractivity contribution in [1.29, 1.82) is 0 Å². The van der Waals surface area contributed by atoms with Crippen LogP contribution in [0.15, 0.2) is 97.1 Å². The molecule has 0 aromatic heterocycles. The third-order valence-corrected chi connectivity index (χ3v) is 8.35. The first-order valence-corrected chi connectivity index (χ1v) is 18.3. The number of hydrogen-bond acceptors (Lipinski definition) is 3. The van der Waals surface area contributed by atoms with Crippen LogP contribution < -0.4 is 5.32 Å². The highest BCUT2D eigenvalue weighted by Crippen LogP contribution is 2.33. The molecule has 0 fully saturated rings. The fourth-order valence-corrected chi connectivity index (χ4v) is 6.87. The Kier molecular flexibility index (Phi) is 10.5. The molecule has 0 saturated heterocycles. The summed E-state index contributed by atoms with van der Waals surface area (Å²) in [5.74, 6) is 0.121. The number of alkyl carbamates (subject to hydrolysis) is 1. The van der Waals surface area contributed by atoms with Gasteiger partial charge in [0.15, 0.2) is 9.04 Å². The van der Waals surface area contributed by atoms with Gasteiger partial charge in [0.25, 0.3) is 0 Å². The van der Waals surface area contributed by atoms with Crippen molar-refractivity contribution in [3.05, 3.63) is 108 Å². The van der Waals surface area contributed by atoms with Gasteiger partial charge in [-0.2, -0.15) is 0 Å². The molecule has 4 rings (SSSR count). The van der Waals surface area contributed by atoms with E-state index < -0.39 is 20.7 Å². The van der Waals surface area contributed by atoms with Gasteiger partial charge in [0.1, 0.15) is 5.60 Å². The van der Waals surface area contributed by atoms with E-state index in [9.17, 15) is 4.79 Å².